The molecule has 0 spiro atoms. The Labute approximate surface area is 145 Å². The van der Waals surface area contributed by atoms with Gasteiger partial charge >= 0.3 is 0 Å². The molecule has 1 amide bonds. The van der Waals surface area contributed by atoms with E-state index in [1.807, 2.05) is 24.3 Å². The zero-order valence-corrected chi connectivity index (χ0v) is 13.9. The first-order chi connectivity index (χ1) is 12.1. The second kappa shape index (κ2) is 7.51. The van der Waals surface area contributed by atoms with Gasteiger partial charge in [0.1, 0.15) is 11.6 Å². The summed E-state index contributed by atoms with van der Waals surface area (Å²) in [5, 5.41) is 0. The molecule has 0 aromatic heterocycles. The summed E-state index contributed by atoms with van der Waals surface area (Å²) in [5.41, 5.74) is 0.998. The van der Waals surface area contributed by atoms with Crippen molar-refractivity contribution in [1.29, 1.82) is 0 Å². The van der Waals surface area contributed by atoms with E-state index < -0.39 is 11.6 Å². The first-order valence-electron chi connectivity index (χ1n) is 8.10. The molecule has 132 valence electrons. The van der Waals surface area contributed by atoms with Crippen molar-refractivity contribution in [1.82, 2.24) is 4.90 Å². The summed E-state index contributed by atoms with van der Waals surface area (Å²) in [6.45, 7) is 0.332. The van der Waals surface area contributed by atoms with Crippen LogP contribution >= 0.6 is 0 Å². The normalized spacial score (nSPS) is 16.8. The topological polar surface area (TPSA) is 38.8 Å². The molecule has 1 atom stereocenters. The predicted molar refractivity (Wildman–Crippen MR) is 88.5 cm³/mol. The van der Waals surface area contributed by atoms with E-state index in [4.69, 9.17) is 9.47 Å². The number of amides is 1. The number of ether oxygens (including phenoxy) is 2. The van der Waals surface area contributed by atoms with Crippen LogP contribution in [0.15, 0.2) is 42.5 Å². The molecule has 0 radical (unpaired) electrons. The highest BCUT2D eigenvalue weighted by molar-refractivity contribution is 5.78. The molecule has 1 fully saturated rings. The number of methoxy groups -OCH3 is 1. The van der Waals surface area contributed by atoms with Crippen molar-refractivity contribution in [2.24, 2.45) is 0 Å². The Bertz CT molecular complexity index is 766. The van der Waals surface area contributed by atoms with Crippen molar-refractivity contribution in [3.05, 3.63) is 59.7 Å². The standard InChI is InChI=1S/C19H19F2NO3/c1-24-15-5-2-4-13(10-15)17-6-3-9-22(17)19(23)12-25-18-8-7-14(20)11-16(18)21/h2,4-5,7-8,10-11,17H,3,6,9,12H2,1H3. The largest absolute Gasteiger partial charge is 0.497 e. The zero-order valence-electron chi connectivity index (χ0n) is 13.9. The van der Waals surface area contributed by atoms with E-state index in [1.54, 1.807) is 12.0 Å². The van der Waals surface area contributed by atoms with E-state index in [1.165, 1.54) is 6.07 Å². The van der Waals surface area contributed by atoms with Crippen LogP contribution in [0.4, 0.5) is 8.78 Å². The molecule has 0 N–H and O–H groups in total. The van der Waals surface area contributed by atoms with Crippen LogP contribution in [0, 0.1) is 11.6 Å². The number of benzene rings is 2. The molecular formula is C19H19F2NO3. The van der Waals surface area contributed by atoms with Gasteiger partial charge in [0.05, 0.1) is 13.2 Å². The maximum Gasteiger partial charge on any atom is 0.261 e. The number of nitrogens with zero attached hydrogens (tertiary/aromatic N) is 1. The summed E-state index contributed by atoms with van der Waals surface area (Å²) in [7, 11) is 1.60. The Morgan fingerprint density at radius 3 is 2.84 bits per heavy atom. The summed E-state index contributed by atoms with van der Waals surface area (Å²) >= 11 is 0. The molecule has 3 rings (SSSR count). The van der Waals surface area contributed by atoms with E-state index in [0.717, 1.165) is 36.3 Å². The third kappa shape index (κ3) is 3.90. The highest BCUT2D eigenvalue weighted by Gasteiger charge is 2.30. The van der Waals surface area contributed by atoms with Crippen LogP contribution in [0.25, 0.3) is 0 Å². The van der Waals surface area contributed by atoms with Crippen LogP contribution < -0.4 is 9.47 Å². The lowest BCUT2D eigenvalue weighted by Crippen LogP contribution is -2.34. The number of hydrogen-bond acceptors (Lipinski definition) is 3. The summed E-state index contributed by atoms with van der Waals surface area (Å²) < 4.78 is 37.0. The summed E-state index contributed by atoms with van der Waals surface area (Å²) in [4.78, 5) is 14.2. The van der Waals surface area contributed by atoms with Crippen LogP contribution in [0.1, 0.15) is 24.4 Å². The Balaban J connectivity index is 1.68. The molecule has 1 aliphatic rings. The Hall–Kier alpha value is -2.63. The van der Waals surface area contributed by atoms with Gasteiger partial charge in [-0.25, -0.2) is 8.78 Å². The second-order valence-electron chi connectivity index (χ2n) is 5.89. The smallest absolute Gasteiger partial charge is 0.261 e. The molecule has 25 heavy (non-hydrogen) atoms. The molecule has 2 aromatic carbocycles. The van der Waals surface area contributed by atoms with Crippen LogP contribution in [-0.2, 0) is 4.79 Å². The van der Waals surface area contributed by atoms with Crippen molar-refractivity contribution in [3.63, 3.8) is 0 Å². The van der Waals surface area contributed by atoms with Crippen LogP contribution in [0.3, 0.4) is 0 Å². The zero-order chi connectivity index (χ0) is 17.8. The fourth-order valence-corrected chi connectivity index (χ4v) is 3.08. The van der Waals surface area contributed by atoms with Crippen LogP contribution in [-0.4, -0.2) is 31.1 Å². The maximum atomic E-state index is 13.6. The third-order valence-electron chi connectivity index (χ3n) is 4.30. The van der Waals surface area contributed by atoms with Gasteiger partial charge in [-0.15, -0.1) is 0 Å². The fourth-order valence-electron chi connectivity index (χ4n) is 3.08. The molecule has 0 aliphatic carbocycles. The average Bonchev–Trinajstić information content (AvgIpc) is 3.10. The molecule has 2 aromatic rings. The number of carbonyl (C=O) groups is 1. The predicted octanol–water partition coefficient (Wildman–Crippen LogP) is 3.72. The Morgan fingerprint density at radius 1 is 1.24 bits per heavy atom. The lowest BCUT2D eigenvalue weighted by Gasteiger charge is -2.25. The lowest BCUT2D eigenvalue weighted by molar-refractivity contribution is -0.134. The average molecular weight is 347 g/mol. The van der Waals surface area contributed by atoms with Gasteiger partial charge in [-0.2, -0.15) is 0 Å². The van der Waals surface area contributed by atoms with Gasteiger partial charge in [0.2, 0.25) is 0 Å². The lowest BCUT2D eigenvalue weighted by atomic mass is 10.0. The minimum Gasteiger partial charge on any atom is -0.497 e. The molecule has 0 bridgehead atoms. The second-order valence-corrected chi connectivity index (χ2v) is 5.89. The quantitative estimate of drug-likeness (QED) is 0.828. The molecule has 1 heterocycles. The van der Waals surface area contributed by atoms with Crippen molar-refractivity contribution >= 4 is 5.91 Å². The number of likely N-dealkylation sites (tertiary alicyclic amines) is 1. The Morgan fingerprint density at radius 2 is 2.08 bits per heavy atom. The monoisotopic (exact) mass is 347 g/mol. The van der Waals surface area contributed by atoms with Crippen molar-refractivity contribution in [2.75, 3.05) is 20.3 Å². The fraction of sp³-hybridized carbons (Fsp3) is 0.316. The van der Waals surface area contributed by atoms with Gasteiger partial charge in [0, 0.05) is 12.6 Å². The highest BCUT2D eigenvalue weighted by atomic mass is 19.1. The summed E-state index contributed by atoms with van der Waals surface area (Å²) in [6.07, 6.45) is 1.74. The summed E-state index contributed by atoms with van der Waals surface area (Å²) in [5.74, 6) is -1.13. The molecule has 4 nitrogen and oxygen atoms in total. The third-order valence-corrected chi connectivity index (χ3v) is 4.30. The number of carbonyl (C=O) groups excluding carboxylic acids is 1. The van der Waals surface area contributed by atoms with Gasteiger partial charge in [-0.05, 0) is 42.7 Å². The van der Waals surface area contributed by atoms with E-state index >= 15 is 0 Å². The van der Waals surface area contributed by atoms with Crippen molar-refractivity contribution in [2.45, 2.75) is 18.9 Å². The van der Waals surface area contributed by atoms with Crippen LogP contribution in [0.5, 0.6) is 11.5 Å². The maximum absolute atomic E-state index is 13.6. The van der Waals surface area contributed by atoms with Gasteiger partial charge in [-0.1, -0.05) is 12.1 Å². The highest BCUT2D eigenvalue weighted by Crippen LogP contribution is 2.33. The molecule has 0 saturated carbocycles. The molecule has 1 unspecified atom stereocenters. The van der Waals surface area contributed by atoms with Crippen molar-refractivity contribution < 1.29 is 23.0 Å². The minimum atomic E-state index is -0.821. The van der Waals surface area contributed by atoms with Crippen LogP contribution in [0.2, 0.25) is 0 Å². The number of halogens is 2. The molecular weight excluding hydrogens is 328 g/mol. The minimum absolute atomic E-state index is 0.0516. The van der Waals surface area contributed by atoms with E-state index in [2.05, 4.69) is 0 Å². The number of rotatable bonds is 5. The van der Waals surface area contributed by atoms with Crippen molar-refractivity contribution in [3.8, 4) is 11.5 Å². The van der Waals surface area contributed by atoms with E-state index in [9.17, 15) is 13.6 Å². The first-order valence-corrected chi connectivity index (χ1v) is 8.10. The van der Waals surface area contributed by atoms with E-state index in [0.29, 0.717) is 6.54 Å². The molecule has 6 heteroatoms. The van der Waals surface area contributed by atoms with E-state index in [-0.39, 0.29) is 24.3 Å². The number of hydrogen-bond donors (Lipinski definition) is 0. The van der Waals surface area contributed by atoms with Gasteiger partial charge in [-0.3, -0.25) is 4.79 Å². The first kappa shape index (κ1) is 17.2. The van der Waals surface area contributed by atoms with Gasteiger partial charge in [0.15, 0.2) is 18.2 Å². The van der Waals surface area contributed by atoms with Gasteiger partial charge < -0.3 is 14.4 Å². The molecule has 1 saturated heterocycles. The van der Waals surface area contributed by atoms with Gasteiger partial charge in [0.25, 0.3) is 5.91 Å². The Kier molecular flexibility index (Phi) is 5.16. The SMILES string of the molecule is COc1cccc(C2CCCN2C(=O)COc2ccc(F)cc2F)c1. The summed E-state index contributed by atoms with van der Waals surface area (Å²) in [6, 6.07) is 10.6. The molecule has 1 aliphatic heterocycles.